The molecular formula is C21H21ClN4OS. The quantitative estimate of drug-likeness (QED) is 0.594. The maximum Gasteiger partial charge on any atom is 0.230 e. The topological polar surface area (TPSA) is 59.8 Å². The molecule has 0 radical (unpaired) electrons. The molecule has 1 aliphatic carbocycles. The first-order valence-electron chi connectivity index (χ1n) is 9.39. The molecule has 3 aromatic rings. The molecular weight excluding hydrogens is 392 g/mol. The lowest BCUT2D eigenvalue weighted by atomic mass is 10.2. The number of rotatable bonds is 6. The SMILES string of the molecule is O=C(CSc1nnc(-c2ccccc2)n1-c1ccc(Cl)cc1)NC1CCCC1. The third-order valence-electron chi connectivity index (χ3n) is 4.80. The smallest absolute Gasteiger partial charge is 0.230 e. The molecule has 0 atom stereocenters. The number of aromatic nitrogens is 3. The minimum absolute atomic E-state index is 0.0452. The second-order valence-electron chi connectivity index (χ2n) is 6.82. The lowest BCUT2D eigenvalue weighted by molar-refractivity contribution is -0.119. The number of carbonyl (C=O) groups is 1. The first kappa shape index (κ1) is 19.0. The molecule has 5 nitrogen and oxygen atoms in total. The molecule has 28 heavy (non-hydrogen) atoms. The lowest BCUT2D eigenvalue weighted by Gasteiger charge is -2.12. The van der Waals surface area contributed by atoms with E-state index in [4.69, 9.17) is 11.6 Å². The van der Waals surface area contributed by atoms with Gasteiger partial charge in [0.05, 0.1) is 5.75 Å². The zero-order chi connectivity index (χ0) is 19.3. The molecule has 1 N–H and O–H groups in total. The van der Waals surface area contributed by atoms with E-state index < -0.39 is 0 Å². The number of carbonyl (C=O) groups excluding carboxylic acids is 1. The summed E-state index contributed by atoms with van der Waals surface area (Å²) >= 11 is 7.45. The summed E-state index contributed by atoms with van der Waals surface area (Å²) in [6.45, 7) is 0. The van der Waals surface area contributed by atoms with E-state index in [2.05, 4.69) is 15.5 Å². The summed E-state index contributed by atoms with van der Waals surface area (Å²) in [5.41, 5.74) is 1.87. The lowest BCUT2D eigenvalue weighted by Crippen LogP contribution is -2.33. The zero-order valence-corrected chi connectivity index (χ0v) is 16.9. The van der Waals surface area contributed by atoms with Crippen molar-refractivity contribution in [2.75, 3.05) is 5.75 Å². The van der Waals surface area contributed by atoms with Gasteiger partial charge < -0.3 is 5.32 Å². The van der Waals surface area contributed by atoms with Crippen LogP contribution < -0.4 is 5.32 Å². The summed E-state index contributed by atoms with van der Waals surface area (Å²) < 4.78 is 1.97. The highest BCUT2D eigenvalue weighted by molar-refractivity contribution is 7.99. The molecule has 1 amide bonds. The van der Waals surface area contributed by atoms with E-state index in [1.165, 1.54) is 24.6 Å². The Kier molecular flexibility index (Phi) is 5.98. The normalized spacial score (nSPS) is 14.3. The average molecular weight is 413 g/mol. The van der Waals surface area contributed by atoms with E-state index in [0.29, 0.717) is 22.0 Å². The van der Waals surface area contributed by atoms with E-state index >= 15 is 0 Å². The molecule has 1 heterocycles. The van der Waals surface area contributed by atoms with Gasteiger partial charge in [0.25, 0.3) is 0 Å². The van der Waals surface area contributed by atoms with Crippen LogP contribution in [0.4, 0.5) is 0 Å². The largest absolute Gasteiger partial charge is 0.353 e. The van der Waals surface area contributed by atoms with Gasteiger partial charge >= 0.3 is 0 Å². The Bertz CT molecular complexity index is 937. The average Bonchev–Trinajstić information content (AvgIpc) is 3.37. The monoisotopic (exact) mass is 412 g/mol. The summed E-state index contributed by atoms with van der Waals surface area (Å²) in [7, 11) is 0. The number of benzene rings is 2. The summed E-state index contributed by atoms with van der Waals surface area (Å²) in [5.74, 6) is 1.10. The number of nitrogens with one attached hydrogen (secondary N) is 1. The van der Waals surface area contributed by atoms with Gasteiger partial charge in [-0.2, -0.15) is 0 Å². The minimum Gasteiger partial charge on any atom is -0.353 e. The van der Waals surface area contributed by atoms with Crippen molar-refractivity contribution >= 4 is 29.3 Å². The molecule has 2 aromatic carbocycles. The zero-order valence-electron chi connectivity index (χ0n) is 15.3. The number of hydrogen-bond donors (Lipinski definition) is 1. The maximum absolute atomic E-state index is 12.3. The van der Waals surface area contributed by atoms with Crippen molar-refractivity contribution in [2.24, 2.45) is 0 Å². The van der Waals surface area contributed by atoms with Gasteiger partial charge in [0.2, 0.25) is 5.91 Å². The van der Waals surface area contributed by atoms with Gasteiger partial charge in [0.1, 0.15) is 0 Å². The van der Waals surface area contributed by atoms with Gasteiger partial charge in [-0.1, -0.05) is 66.5 Å². The van der Waals surface area contributed by atoms with Gasteiger partial charge in [-0.3, -0.25) is 9.36 Å². The molecule has 1 aromatic heterocycles. The van der Waals surface area contributed by atoms with Crippen molar-refractivity contribution in [3.63, 3.8) is 0 Å². The van der Waals surface area contributed by atoms with Crippen LogP contribution in [-0.2, 0) is 4.79 Å². The van der Waals surface area contributed by atoms with Crippen LogP contribution in [0.3, 0.4) is 0 Å². The fraction of sp³-hybridized carbons (Fsp3) is 0.286. The summed E-state index contributed by atoms with van der Waals surface area (Å²) in [6, 6.07) is 17.8. The highest BCUT2D eigenvalue weighted by atomic mass is 35.5. The van der Waals surface area contributed by atoms with Gasteiger partial charge in [0.15, 0.2) is 11.0 Å². The Morgan fingerprint density at radius 2 is 1.79 bits per heavy atom. The first-order chi connectivity index (χ1) is 13.7. The summed E-state index contributed by atoms with van der Waals surface area (Å²) in [4.78, 5) is 12.3. The van der Waals surface area contributed by atoms with Crippen LogP contribution in [0.25, 0.3) is 17.1 Å². The number of hydrogen-bond acceptors (Lipinski definition) is 4. The first-order valence-corrected chi connectivity index (χ1v) is 10.8. The minimum atomic E-state index is 0.0452. The molecule has 1 fully saturated rings. The van der Waals surface area contributed by atoms with E-state index in [0.717, 1.165) is 29.9 Å². The Balaban J connectivity index is 1.58. The molecule has 0 bridgehead atoms. The van der Waals surface area contributed by atoms with Crippen LogP contribution in [0.15, 0.2) is 59.8 Å². The van der Waals surface area contributed by atoms with Gasteiger partial charge in [-0.15, -0.1) is 10.2 Å². The fourth-order valence-corrected chi connectivity index (χ4v) is 4.32. The van der Waals surface area contributed by atoms with E-state index in [1.807, 2.05) is 59.2 Å². The predicted octanol–water partition coefficient (Wildman–Crippen LogP) is 4.74. The van der Waals surface area contributed by atoms with E-state index in [1.54, 1.807) is 0 Å². The number of thioether (sulfide) groups is 1. The standard InChI is InChI=1S/C21H21ClN4OS/c22-16-10-12-18(13-11-16)26-20(15-6-2-1-3-7-15)24-25-21(26)28-14-19(27)23-17-8-4-5-9-17/h1-3,6-7,10-13,17H,4-5,8-9,14H2,(H,23,27). The fourth-order valence-electron chi connectivity index (χ4n) is 3.43. The van der Waals surface area contributed by atoms with Crippen molar-refractivity contribution in [2.45, 2.75) is 36.9 Å². The van der Waals surface area contributed by atoms with Crippen LogP contribution in [0.2, 0.25) is 5.02 Å². The molecule has 1 aliphatic rings. The summed E-state index contributed by atoms with van der Waals surface area (Å²) in [6.07, 6.45) is 4.55. The highest BCUT2D eigenvalue weighted by Gasteiger charge is 2.20. The molecule has 0 aliphatic heterocycles. The third-order valence-corrected chi connectivity index (χ3v) is 5.98. The molecule has 144 valence electrons. The van der Waals surface area contributed by atoms with Crippen molar-refractivity contribution in [1.82, 2.24) is 20.1 Å². The molecule has 1 saturated carbocycles. The Hall–Kier alpha value is -2.31. The molecule has 4 rings (SSSR count). The van der Waals surface area contributed by atoms with Crippen molar-refractivity contribution in [3.05, 3.63) is 59.6 Å². The Labute approximate surface area is 173 Å². The van der Waals surface area contributed by atoms with Crippen molar-refractivity contribution < 1.29 is 4.79 Å². The van der Waals surface area contributed by atoms with Crippen molar-refractivity contribution in [3.8, 4) is 17.1 Å². The molecule has 0 saturated heterocycles. The second-order valence-corrected chi connectivity index (χ2v) is 8.20. The van der Waals surface area contributed by atoms with Crippen LogP contribution in [0, 0.1) is 0 Å². The van der Waals surface area contributed by atoms with E-state index in [9.17, 15) is 4.79 Å². The Morgan fingerprint density at radius 1 is 1.07 bits per heavy atom. The second kappa shape index (κ2) is 8.80. The third kappa shape index (κ3) is 4.39. The maximum atomic E-state index is 12.3. The molecule has 7 heteroatoms. The number of nitrogens with zero attached hydrogens (tertiary/aromatic N) is 3. The van der Waals surface area contributed by atoms with Crippen LogP contribution in [-0.4, -0.2) is 32.5 Å². The van der Waals surface area contributed by atoms with Crippen molar-refractivity contribution in [1.29, 1.82) is 0 Å². The van der Waals surface area contributed by atoms with Crippen LogP contribution >= 0.6 is 23.4 Å². The Morgan fingerprint density at radius 3 is 2.50 bits per heavy atom. The van der Waals surface area contributed by atoms with Gasteiger partial charge in [0, 0.05) is 22.3 Å². The van der Waals surface area contributed by atoms with Crippen LogP contribution in [0.5, 0.6) is 0 Å². The van der Waals surface area contributed by atoms with E-state index in [-0.39, 0.29) is 5.91 Å². The van der Waals surface area contributed by atoms with Gasteiger partial charge in [-0.05, 0) is 37.1 Å². The number of amides is 1. The molecule has 0 unspecified atom stereocenters. The molecule has 0 spiro atoms. The summed E-state index contributed by atoms with van der Waals surface area (Å²) in [5, 5.41) is 13.2. The van der Waals surface area contributed by atoms with Crippen LogP contribution in [0.1, 0.15) is 25.7 Å². The number of halogens is 1. The van der Waals surface area contributed by atoms with Gasteiger partial charge in [-0.25, -0.2) is 0 Å². The predicted molar refractivity (Wildman–Crippen MR) is 113 cm³/mol. The highest BCUT2D eigenvalue weighted by Crippen LogP contribution is 2.28.